The molecule has 0 spiro atoms. The molecule has 8 atom stereocenters. The lowest BCUT2D eigenvalue weighted by atomic mass is 9.84. The van der Waals surface area contributed by atoms with E-state index < -0.39 is 24.3 Å². The van der Waals surface area contributed by atoms with Crippen LogP contribution in [0.5, 0.6) is 0 Å². The Balaban J connectivity index is 0.840. The second-order valence-electron chi connectivity index (χ2n) is 19.5. The molecule has 7 aromatic rings. The van der Waals surface area contributed by atoms with Crippen LogP contribution in [0.2, 0.25) is 0 Å². The topological polar surface area (TPSA) is 175 Å². The Morgan fingerprint density at radius 1 is 0.529 bits per heavy atom. The van der Waals surface area contributed by atoms with Crippen molar-refractivity contribution in [2.45, 2.75) is 100 Å². The summed E-state index contributed by atoms with van der Waals surface area (Å²) in [7, 11) is 2.62. The van der Waals surface area contributed by atoms with E-state index >= 15 is 0 Å². The van der Waals surface area contributed by atoms with Gasteiger partial charge in [0.2, 0.25) is 0 Å². The van der Waals surface area contributed by atoms with Gasteiger partial charge in [0, 0.05) is 12.1 Å². The first kappa shape index (κ1) is 45.0. The number of carbonyl (C=O) groups is 4. The summed E-state index contributed by atoms with van der Waals surface area (Å²) < 4.78 is 9.93. The summed E-state index contributed by atoms with van der Waals surface area (Å²) in [6.07, 6.45) is 8.64. The van der Waals surface area contributed by atoms with Crippen molar-refractivity contribution in [3.05, 3.63) is 144 Å². The number of nitrogens with one attached hydrogen (secondary N) is 4. The predicted octanol–water partition coefficient (Wildman–Crippen LogP) is 10.6. The first-order valence-electron chi connectivity index (χ1n) is 24.8. The number of rotatable bonds is 10. The molecule has 2 saturated carbocycles. The minimum absolute atomic E-state index is 0.0596. The zero-order valence-corrected chi connectivity index (χ0v) is 39.5. The zero-order chi connectivity index (χ0) is 47.9. The number of carbonyl (C=O) groups excluding carboxylic acids is 4. The third-order valence-corrected chi connectivity index (χ3v) is 15.5. The Morgan fingerprint density at radius 3 is 1.31 bits per heavy atom. The highest BCUT2D eigenvalue weighted by molar-refractivity contribution is 5.90. The van der Waals surface area contributed by atoms with Crippen LogP contribution in [0.25, 0.3) is 44.3 Å². The van der Waals surface area contributed by atoms with Gasteiger partial charge in [0.1, 0.15) is 23.7 Å². The van der Waals surface area contributed by atoms with Gasteiger partial charge in [-0.05, 0) is 108 Å². The largest absolute Gasteiger partial charge is 0.453 e. The molecule has 14 heteroatoms. The number of aromatic nitrogens is 4. The van der Waals surface area contributed by atoms with Crippen LogP contribution in [-0.2, 0) is 19.1 Å². The van der Waals surface area contributed by atoms with E-state index in [1.54, 1.807) is 0 Å². The molecule has 4 heterocycles. The van der Waals surface area contributed by atoms with Gasteiger partial charge in [-0.3, -0.25) is 9.59 Å². The maximum atomic E-state index is 14.7. The van der Waals surface area contributed by atoms with Crippen molar-refractivity contribution in [3.8, 4) is 22.3 Å². The van der Waals surface area contributed by atoms with E-state index in [1.807, 2.05) is 82.6 Å². The summed E-state index contributed by atoms with van der Waals surface area (Å²) >= 11 is 0. The number of ether oxygens (including phenoxy) is 2. The number of aromatic amines is 2. The Labute approximate surface area is 406 Å². The van der Waals surface area contributed by atoms with Crippen LogP contribution in [0.3, 0.4) is 0 Å². The third kappa shape index (κ3) is 8.53. The summed E-state index contributed by atoms with van der Waals surface area (Å²) in [5, 5.41) is 5.65. The number of nitrogens with zero attached hydrogens (tertiary/aromatic N) is 4. The highest BCUT2D eigenvalue weighted by Crippen LogP contribution is 2.49. The molecule has 11 rings (SSSR count). The van der Waals surface area contributed by atoms with Crippen molar-refractivity contribution in [1.82, 2.24) is 40.4 Å². The summed E-state index contributed by atoms with van der Waals surface area (Å²) in [5.74, 6) is 1.90. The SMILES string of the molecule is COC(=O)N[C@@H](C(=O)N1[C@H](c2nc3ccc(-c4ccc(-c5ccc6nc([C@@H]7C[C@@H]8CCCC[C@@H]8N7C(=O)[C@H](NC(=O)OC)c7ccccc7)[nH]c6c5)cc4)cc3[nH]2)C[C@@H]2CCCC[C@@H]21)c1ccccc1. The minimum Gasteiger partial charge on any atom is -0.453 e. The number of alkyl carbamates (subject to hydrolysis) is 2. The van der Waals surface area contributed by atoms with Gasteiger partial charge < -0.3 is 39.9 Å². The molecular formula is C56H58N8O6. The number of H-pyrrole nitrogens is 2. The van der Waals surface area contributed by atoms with Gasteiger partial charge in [-0.15, -0.1) is 0 Å². The Morgan fingerprint density at radius 2 is 0.914 bits per heavy atom. The number of likely N-dealkylation sites (tertiary alicyclic amines) is 2. The average molecular weight is 939 g/mol. The molecular weight excluding hydrogens is 881 g/mol. The number of amides is 4. The van der Waals surface area contributed by atoms with Crippen LogP contribution < -0.4 is 10.6 Å². The lowest BCUT2D eigenvalue weighted by molar-refractivity contribution is -0.138. The quantitative estimate of drug-likeness (QED) is 0.105. The Kier molecular flexibility index (Phi) is 12.3. The van der Waals surface area contributed by atoms with E-state index in [-0.39, 0.29) is 36.0 Å². The number of methoxy groups -OCH3 is 2. The highest BCUT2D eigenvalue weighted by atomic mass is 16.5. The first-order valence-corrected chi connectivity index (χ1v) is 24.8. The van der Waals surface area contributed by atoms with Crippen molar-refractivity contribution in [2.75, 3.05) is 14.2 Å². The van der Waals surface area contributed by atoms with Crippen LogP contribution in [0.1, 0.15) is 111 Å². The number of benzene rings is 5. The molecule has 2 aliphatic heterocycles. The fourth-order valence-electron chi connectivity index (χ4n) is 12.1. The third-order valence-electron chi connectivity index (χ3n) is 15.5. The smallest absolute Gasteiger partial charge is 0.407 e. The normalized spacial score (nSPS) is 22.8. The molecule has 2 aliphatic carbocycles. The van der Waals surface area contributed by atoms with E-state index in [0.717, 1.165) is 120 Å². The lowest BCUT2D eigenvalue weighted by Crippen LogP contribution is -2.47. The molecule has 4 amide bonds. The molecule has 4 fully saturated rings. The number of imidazole rings is 2. The van der Waals surface area contributed by atoms with Crippen molar-refractivity contribution in [3.63, 3.8) is 0 Å². The Bertz CT molecular complexity index is 2840. The Hall–Kier alpha value is -7.48. The second kappa shape index (κ2) is 19.1. The van der Waals surface area contributed by atoms with Crippen LogP contribution in [-0.4, -0.2) is 80.0 Å². The summed E-state index contributed by atoms with van der Waals surface area (Å²) in [6, 6.07) is 37.6. The predicted molar refractivity (Wildman–Crippen MR) is 266 cm³/mol. The van der Waals surface area contributed by atoms with Crippen molar-refractivity contribution < 1.29 is 28.7 Å². The van der Waals surface area contributed by atoms with Gasteiger partial charge in [-0.1, -0.05) is 123 Å². The molecule has 358 valence electrons. The summed E-state index contributed by atoms with van der Waals surface area (Å²) in [4.78, 5) is 76.0. The van der Waals surface area contributed by atoms with E-state index in [4.69, 9.17) is 19.4 Å². The van der Waals surface area contributed by atoms with Crippen molar-refractivity contribution in [2.24, 2.45) is 11.8 Å². The van der Waals surface area contributed by atoms with Crippen LogP contribution in [0.15, 0.2) is 121 Å². The molecule has 0 bridgehead atoms. The first-order chi connectivity index (χ1) is 34.2. The number of fused-ring (bicyclic) bond motifs is 4. The van der Waals surface area contributed by atoms with Crippen LogP contribution in [0.4, 0.5) is 9.59 Å². The van der Waals surface area contributed by atoms with Gasteiger partial charge in [-0.25, -0.2) is 19.6 Å². The van der Waals surface area contributed by atoms with E-state index in [1.165, 1.54) is 14.2 Å². The maximum Gasteiger partial charge on any atom is 0.407 e. The molecule has 0 radical (unpaired) electrons. The van der Waals surface area contributed by atoms with Gasteiger partial charge >= 0.3 is 12.2 Å². The fraction of sp³-hybridized carbons (Fsp3) is 0.357. The van der Waals surface area contributed by atoms with Gasteiger partial charge in [-0.2, -0.15) is 0 Å². The second-order valence-corrected chi connectivity index (χ2v) is 19.5. The average Bonchev–Trinajstić information content (AvgIpc) is 4.22. The monoisotopic (exact) mass is 938 g/mol. The van der Waals surface area contributed by atoms with Crippen molar-refractivity contribution >= 4 is 46.1 Å². The number of hydrogen-bond donors (Lipinski definition) is 4. The van der Waals surface area contributed by atoms with E-state index in [0.29, 0.717) is 23.0 Å². The molecule has 70 heavy (non-hydrogen) atoms. The molecule has 2 saturated heterocycles. The zero-order valence-electron chi connectivity index (χ0n) is 39.5. The van der Waals surface area contributed by atoms with Gasteiger partial charge in [0.15, 0.2) is 0 Å². The van der Waals surface area contributed by atoms with E-state index in [9.17, 15) is 19.2 Å². The number of hydrogen-bond acceptors (Lipinski definition) is 8. The van der Waals surface area contributed by atoms with Crippen molar-refractivity contribution in [1.29, 1.82) is 0 Å². The molecule has 0 unspecified atom stereocenters. The minimum atomic E-state index is -0.892. The highest BCUT2D eigenvalue weighted by Gasteiger charge is 2.50. The summed E-state index contributed by atoms with van der Waals surface area (Å²) in [6.45, 7) is 0. The van der Waals surface area contributed by atoms with Crippen LogP contribution in [0, 0.1) is 11.8 Å². The fourth-order valence-corrected chi connectivity index (χ4v) is 12.1. The summed E-state index contributed by atoms with van der Waals surface area (Å²) in [5.41, 5.74) is 9.03. The molecule has 2 aromatic heterocycles. The standard InChI is InChI=1S/C56H58N8O6/c1-69-55(67)61-49(35-13-5-3-6-14-35)53(65)63-45-19-11-9-17-39(45)31-47(63)51-57-41-27-25-37(29-43(41)59-51)33-21-23-34(24-22-33)38-26-28-42-44(30-38)60-52(58-42)48-32-40-18-10-12-20-46(40)64(48)54(66)50(62-56(68)70-2)36-15-7-4-8-16-36/h3-8,13-16,21-30,39-40,45-50H,9-12,17-20,31-32H2,1-2H3,(H,57,59)(H,58,60)(H,61,67)(H,62,68)/t39-,40-,45-,46-,47-,48-,49+,50+/m0/s1. The van der Waals surface area contributed by atoms with Gasteiger partial charge in [0.25, 0.3) is 11.8 Å². The van der Waals surface area contributed by atoms with Gasteiger partial charge in [0.05, 0.1) is 48.4 Å². The van der Waals surface area contributed by atoms with Crippen LogP contribution >= 0.6 is 0 Å². The molecule has 14 nitrogen and oxygen atoms in total. The van der Waals surface area contributed by atoms with E-state index in [2.05, 4.69) is 69.1 Å². The lowest BCUT2D eigenvalue weighted by Gasteiger charge is -2.36. The molecule has 4 aliphatic rings. The molecule has 5 aromatic carbocycles. The maximum absolute atomic E-state index is 14.7. The molecule has 4 N–H and O–H groups in total.